The van der Waals surface area contributed by atoms with Crippen molar-refractivity contribution in [3.8, 4) is 0 Å². The van der Waals surface area contributed by atoms with Gasteiger partial charge in [-0.25, -0.2) is 13.1 Å². The van der Waals surface area contributed by atoms with Gasteiger partial charge in [0.1, 0.15) is 5.82 Å². The number of hydrogen-bond acceptors (Lipinski definition) is 5. The molecule has 1 saturated heterocycles. The van der Waals surface area contributed by atoms with Crippen LogP contribution in [0.3, 0.4) is 0 Å². The van der Waals surface area contributed by atoms with E-state index in [0.29, 0.717) is 18.9 Å². The van der Waals surface area contributed by atoms with E-state index in [0.717, 1.165) is 0 Å². The van der Waals surface area contributed by atoms with Crippen LogP contribution in [0, 0.1) is 0 Å². The number of carbonyl (C=O) groups excluding carboxylic acids is 1. The third-order valence-corrected chi connectivity index (χ3v) is 5.23. The summed E-state index contributed by atoms with van der Waals surface area (Å²) in [6.07, 6.45) is 1.79. The Bertz CT molecular complexity index is 581. The molecule has 1 aliphatic heterocycles. The van der Waals surface area contributed by atoms with Crippen LogP contribution in [-0.2, 0) is 21.2 Å². The van der Waals surface area contributed by atoms with E-state index in [4.69, 9.17) is 0 Å². The molecule has 1 unspecified atom stereocenters. The molecular formula is C12H20N4O3S. The van der Waals surface area contributed by atoms with Crippen molar-refractivity contribution in [2.24, 2.45) is 0 Å². The van der Waals surface area contributed by atoms with Crippen molar-refractivity contribution in [1.29, 1.82) is 0 Å². The molecule has 1 N–H and O–H groups in total. The van der Waals surface area contributed by atoms with Crippen LogP contribution in [0.15, 0.2) is 12.3 Å². The molecule has 1 aromatic heterocycles. The summed E-state index contributed by atoms with van der Waals surface area (Å²) in [5.41, 5.74) is 0. The van der Waals surface area contributed by atoms with Gasteiger partial charge >= 0.3 is 0 Å². The molecular weight excluding hydrogens is 280 g/mol. The zero-order valence-electron chi connectivity index (χ0n) is 11.7. The predicted molar refractivity (Wildman–Crippen MR) is 76.2 cm³/mol. The van der Waals surface area contributed by atoms with Crippen LogP contribution in [0.2, 0.25) is 0 Å². The first-order chi connectivity index (χ1) is 9.41. The minimum Gasteiger partial charge on any atom is -0.311 e. The van der Waals surface area contributed by atoms with Crippen LogP contribution in [0.4, 0.5) is 5.82 Å². The van der Waals surface area contributed by atoms with Crippen molar-refractivity contribution >= 4 is 21.6 Å². The van der Waals surface area contributed by atoms with Gasteiger partial charge in [0.15, 0.2) is 9.84 Å². The van der Waals surface area contributed by atoms with Crippen LogP contribution in [-0.4, -0.2) is 60.1 Å². The summed E-state index contributed by atoms with van der Waals surface area (Å²) in [7, 11) is -1.17. The molecule has 1 atom stereocenters. The first kappa shape index (κ1) is 15.0. The Morgan fingerprint density at radius 1 is 1.55 bits per heavy atom. The Balaban J connectivity index is 1.97. The first-order valence-corrected chi connectivity index (χ1v) is 8.46. The van der Waals surface area contributed by atoms with Gasteiger partial charge < -0.3 is 10.2 Å². The standard InChI is InChI=1S/C12H20N4O3S/c1-3-16-11(4-5-13-16)14-12(17)8-10-9-20(18,19)7-6-15(10)2/h4-5,10H,3,6-9H2,1-2H3,(H,14,17). The maximum Gasteiger partial charge on any atom is 0.227 e. The van der Waals surface area contributed by atoms with Crippen molar-refractivity contribution < 1.29 is 13.2 Å². The van der Waals surface area contributed by atoms with Crippen molar-refractivity contribution in [2.75, 3.05) is 30.4 Å². The van der Waals surface area contributed by atoms with E-state index < -0.39 is 9.84 Å². The van der Waals surface area contributed by atoms with Gasteiger partial charge in [0.05, 0.1) is 17.7 Å². The fourth-order valence-electron chi connectivity index (χ4n) is 2.28. The lowest BCUT2D eigenvalue weighted by Crippen LogP contribution is -2.47. The Labute approximate surface area is 118 Å². The summed E-state index contributed by atoms with van der Waals surface area (Å²) in [6, 6.07) is 1.47. The lowest BCUT2D eigenvalue weighted by molar-refractivity contribution is -0.117. The van der Waals surface area contributed by atoms with Crippen molar-refractivity contribution in [3.05, 3.63) is 12.3 Å². The van der Waals surface area contributed by atoms with Crippen LogP contribution >= 0.6 is 0 Å². The van der Waals surface area contributed by atoms with Gasteiger partial charge in [0.25, 0.3) is 0 Å². The fraction of sp³-hybridized carbons (Fsp3) is 0.667. The number of anilines is 1. The van der Waals surface area contributed by atoms with Gasteiger partial charge in [0.2, 0.25) is 5.91 Å². The van der Waals surface area contributed by atoms with Crippen molar-refractivity contribution in [1.82, 2.24) is 14.7 Å². The number of amides is 1. The van der Waals surface area contributed by atoms with E-state index in [-0.39, 0.29) is 29.9 Å². The summed E-state index contributed by atoms with van der Waals surface area (Å²) in [6.45, 7) is 3.08. The monoisotopic (exact) mass is 300 g/mol. The topological polar surface area (TPSA) is 84.3 Å². The van der Waals surface area contributed by atoms with Gasteiger partial charge in [-0.05, 0) is 14.0 Å². The molecule has 0 spiro atoms. The van der Waals surface area contributed by atoms with E-state index in [1.807, 2.05) is 18.9 Å². The minimum atomic E-state index is -3.02. The zero-order chi connectivity index (χ0) is 14.8. The molecule has 0 radical (unpaired) electrons. The number of aryl methyl sites for hydroxylation is 1. The maximum absolute atomic E-state index is 12.0. The number of nitrogens with one attached hydrogen (secondary N) is 1. The molecule has 0 aliphatic carbocycles. The summed E-state index contributed by atoms with van der Waals surface area (Å²) in [5.74, 6) is 0.668. The average molecular weight is 300 g/mol. The fourth-order valence-corrected chi connectivity index (χ4v) is 3.97. The summed E-state index contributed by atoms with van der Waals surface area (Å²) in [5, 5.41) is 6.84. The second kappa shape index (κ2) is 5.92. The van der Waals surface area contributed by atoms with Crippen molar-refractivity contribution in [2.45, 2.75) is 25.9 Å². The third-order valence-electron chi connectivity index (χ3n) is 3.53. The van der Waals surface area contributed by atoms with Crippen LogP contribution in [0.25, 0.3) is 0 Å². The third kappa shape index (κ3) is 3.57. The highest BCUT2D eigenvalue weighted by Crippen LogP contribution is 2.14. The van der Waals surface area contributed by atoms with E-state index in [2.05, 4.69) is 10.4 Å². The van der Waals surface area contributed by atoms with Crippen LogP contribution in [0.5, 0.6) is 0 Å². The normalized spacial score (nSPS) is 22.6. The zero-order valence-corrected chi connectivity index (χ0v) is 12.6. The molecule has 1 amide bonds. The molecule has 1 aliphatic rings. The SMILES string of the molecule is CCn1nccc1NC(=O)CC1CS(=O)(=O)CCN1C. The van der Waals surface area contributed by atoms with E-state index in [1.54, 1.807) is 16.9 Å². The first-order valence-electron chi connectivity index (χ1n) is 6.63. The Kier molecular flexibility index (Phi) is 4.44. The Morgan fingerprint density at radius 2 is 2.30 bits per heavy atom. The second-order valence-electron chi connectivity index (χ2n) is 5.03. The Hall–Kier alpha value is -1.41. The second-order valence-corrected chi connectivity index (χ2v) is 7.26. The molecule has 20 heavy (non-hydrogen) atoms. The van der Waals surface area contributed by atoms with Crippen molar-refractivity contribution in [3.63, 3.8) is 0 Å². The van der Waals surface area contributed by atoms with Gasteiger partial charge in [-0.2, -0.15) is 5.10 Å². The molecule has 0 saturated carbocycles. The van der Waals surface area contributed by atoms with Gasteiger partial charge in [-0.15, -0.1) is 0 Å². The lowest BCUT2D eigenvalue weighted by atomic mass is 10.2. The quantitative estimate of drug-likeness (QED) is 0.843. The highest BCUT2D eigenvalue weighted by molar-refractivity contribution is 7.91. The highest BCUT2D eigenvalue weighted by atomic mass is 32.2. The van der Waals surface area contributed by atoms with Gasteiger partial charge in [-0.1, -0.05) is 0 Å². The molecule has 8 heteroatoms. The van der Waals surface area contributed by atoms with Crippen LogP contribution < -0.4 is 5.32 Å². The summed E-state index contributed by atoms with van der Waals surface area (Å²) < 4.78 is 24.9. The smallest absolute Gasteiger partial charge is 0.227 e. The number of aromatic nitrogens is 2. The number of hydrogen-bond donors (Lipinski definition) is 1. The van der Waals surface area contributed by atoms with Gasteiger partial charge in [-0.3, -0.25) is 4.79 Å². The largest absolute Gasteiger partial charge is 0.311 e. The highest BCUT2D eigenvalue weighted by Gasteiger charge is 2.30. The lowest BCUT2D eigenvalue weighted by Gasteiger charge is -2.31. The maximum atomic E-state index is 12.0. The number of rotatable bonds is 4. The van der Waals surface area contributed by atoms with Gasteiger partial charge in [0, 0.05) is 31.6 Å². The summed E-state index contributed by atoms with van der Waals surface area (Å²) >= 11 is 0. The number of carbonyl (C=O) groups is 1. The number of sulfone groups is 1. The minimum absolute atomic E-state index is 0.0456. The van der Waals surface area contributed by atoms with E-state index >= 15 is 0 Å². The molecule has 0 bridgehead atoms. The molecule has 1 aromatic rings. The number of nitrogens with zero attached hydrogens (tertiary/aromatic N) is 3. The predicted octanol–water partition coefficient (Wildman–Crippen LogP) is -0.0396. The molecule has 2 rings (SSSR count). The Morgan fingerprint density at radius 3 is 3.00 bits per heavy atom. The molecule has 2 heterocycles. The molecule has 1 fully saturated rings. The van der Waals surface area contributed by atoms with Crippen LogP contribution in [0.1, 0.15) is 13.3 Å². The van der Waals surface area contributed by atoms with E-state index in [9.17, 15) is 13.2 Å². The molecule has 0 aromatic carbocycles. The molecule has 112 valence electrons. The summed E-state index contributed by atoms with van der Waals surface area (Å²) in [4.78, 5) is 14.0. The average Bonchev–Trinajstić information content (AvgIpc) is 2.80. The molecule has 7 nitrogen and oxygen atoms in total. The van der Waals surface area contributed by atoms with E-state index in [1.165, 1.54) is 0 Å².